The lowest BCUT2D eigenvalue weighted by Crippen LogP contribution is -2.25. The highest BCUT2D eigenvalue weighted by Crippen LogP contribution is 2.25. The molecular formula is C21H22N2O4. The zero-order chi connectivity index (χ0) is 19.1. The summed E-state index contributed by atoms with van der Waals surface area (Å²) >= 11 is 0. The van der Waals surface area contributed by atoms with Crippen LogP contribution < -0.4 is 10.6 Å². The number of anilines is 2. The Balaban J connectivity index is 1.59. The van der Waals surface area contributed by atoms with Gasteiger partial charge in [0.05, 0.1) is 17.2 Å². The highest BCUT2D eigenvalue weighted by Gasteiger charge is 2.24. The maximum Gasteiger partial charge on any atom is 0.309 e. The van der Waals surface area contributed by atoms with E-state index < -0.39 is 5.91 Å². The van der Waals surface area contributed by atoms with Gasteiger partial charge in [-0.2, -0.15) is 0 Å². The van der Waals surface area contributed by atoms with Gasteiger partial charge in [-0.05, 0) is 37.1 Å². The molecule has 0 spiro atoms. The molecule has 2 amide bonds. The van der Waals surface area contributed by atoms with Crippen molar-refractivity contribution >= 4 is 29.2 Å². The first kappa shape index (κ1) is 18.6. The van der Waals surface area contributed by atoms with Gasteiger partial charge in [0, 0.05) is 5.69 Å². The Kier molecular flexibility index (Phi) is 6.20. The van der Waals surface area contributed by atoms with E-state index in [0.29, 0.717) is 16.9 Å². The van der Waals surface area contributed by atoms with E-state index in [1.54, 1.807) is 36.4 Å². The van der Waals surface area contributed by atoms with E-state index in [2.05, 4.69) is 10.6 Å². The molecule has 2 N–H and O–H groups in total. The minimum absolute atomic E-state index is 0.0956. The normalized spacial score (nSPS) is 13.8. The smallest absolute Gasteiger partial charge is 0.309 e. The third kappa shape index (κ3) is 5.17. The minimum Gasteiger partial charge on any atom is -0.455 e. The molecule has 1 aliphatic carbocycles. The quantitative estimate of drug-likeness (QED) is 0.765. The average Bonchev–Trinajstić information content (AvgIpc) is 3.22. The van der Waals surface area contributed by atoms with Crippen molar-refractivity contribution < 1.29 is 19.1 Å². The van der Waals surface area contributed by atoms with E-state index in [1.165, 1.54) is 0 Å². The number of rotatable bonds is 6. The summed E-state index contributed by atoms with van der Waals surface area (Å²) in [5, 5.41) is 5.43. The van der Waals surface area contributed by atoms with Crippen LogP contribution in [0, 0.1) is 5.92 Å². The summed E-state index contributed by atoms with van der Waals surface area (Å²) in [6.07, 6.45) is 3.69. The lowest BCUT2D eigenvalue weighted by molar-refractivity contribution is -0.151. The molecule has 0 bridgehead atoms. The van der Waals surface area contributed by atoms with Crippen LogP contribution in [0.1, 0.15) is 36.0 Å². The summed E-state index contributed by atoms with van der Waals surface area (Å²) in [6.45, 7) is -0.357. The molecule has 2 aromatic carbocycles. The maximum absolute atomic E-state index is 12.5. The molecule has 0 aliphatic heterocycles. The fourth-order valence-electron chi connectivity index (χ4n) is 3.11. The maximum atomic E-state index is 12.5. The van der Waals surface area contributed by atoms with Crippen molar-refractivity contribution in [2.45, 2.75) is 25.7 Å². The van der Waals surface area contributed by atoms with Crippen molar-refractivity contribution in [3.05, 3.63) is 60.2 Å². The number of carbonyl (C=O) groups is 3. The molecule has 140 valence electrons. The Labute approximate surface area is 157 Å². The Morgan fingerprint density at radius 1 is 0.889 bits per heavy atom. The molecule has 27 heavy (non-hydrogen) atoms. The number of nitrogens with one attached hydrogen (secondary N) is 2. The van der Waals surface area contributed by atoms with Crippen LogP contribution in [-0.2, 0) is 14.3 Å². The van der Waals surface area contributed by atoms with Crippen LogP contribution in [-0.4, -0.2) is 24.4 Å². The molecule has 6 nitrogen and oxygen atoms in total. The van der Waals surface area contributed by atoms with Crippen molar-refractivity contribution in [2.24, 2.45) is 5.92 Å². The molecule has 3 rings (SSSR count). The predicted octanol–water partition coefficient (Wildman–Crippen LogP) is 3.61. The van der Waals surface area contributed by atoms with Crippen LogP contribution in [0.15, 0.2) is 54.6 Å². The number of hydrogen-bond acceptors (Lipinski definition) is 4. The van der Waals surface area contributed by atoms with E-state index in [4.69, 9.17) is 4.74 Å². The van der Waals surface area contributed by atoms with Crippen molar-refractivity contribution in [1.29, 1.82) is 0 Å². The highest BCUT2D eigenvalue weighted by atomic mass is 16.5. The van der Waals surface area contributed by atoms with E-state index in [0.717, 1.165) is 25.7 Å². The first-order valence-electron chi connectivity index (χ1n) is 9.05. The fraction of sp³-hybridized carbons (Fsp3) is 0.286. The van der Waals surface area contributed by atoms with E-state index >= 15 is 0 Å². The first-order chi connectivity index (χ1) is 13.1. The van der Waals surface area contributed by atoms with Crippen molar-refractivity contribution in [3.8, 4) is 0 Å². The standard InChI is InChI=1S/C21H22N2O4/c24-19(14-27-21(26)15-8-4-5-9-15)23-18-13-7-6-12-17(18)20(25)22-16-10-2-1-3-11-16/h1-3,6-7,10-13,15H,4-5,8-9,14H2,(H,22,25)(H,23,24). The number of hydrogen-bond donors (Lipinski definition) is 2. The Morgan fingerprint density at radius 3 is 2.30 bits per heavy atom. The molecule has 0 aromatic heterocycles. The predicted molar refractivity (Wildman–Crippen MR) is 102 cm³/mol. The van der Waals surface area contributed by atoms with Crippen molar-refractivity contribution in [3.63, 3.8) is 0 Å². The summed E-state index contributed by atoms with van der Waals surface area (Å²) in [4.78, 5) is 36.6. The van der Waals surface area contributed by atoms with Gasteiger partial charge in [0.2, 0.25) is 0 Å². The monoisotopic (exact) mass is 366 g/mol. The van der Waals surface area contributed by atoms with Gasteiger partial charge in [0.15, 0.2) is 6.61 Å². The third-order valence-corrected chi connectivity index (χ3v) is 4.51. The first-order valence-corrected chi connectivity index (χ1v) is 9.05. The Hall–Kier alpha value is -3.15. The van der Waals surface area contributed by atoms with Crippen LogP contribution in [0.5, 0.6) is 0 Å². The summed E-state index contributed by atoms with van der Waals surface area (Å²) in [5.74, 6) is -1.22. The molecule has 6 heteroatoms. The largest absolute Gasteiger partial charge is 0.455 e. The number of ether oxygens (including phenoxy) is 1. The van der Waals surface area contributed by atoms with E-state index in [1.807, 2.05) is 18.2 Å². The summed E-state index contributed by atoms with van der Waals surface area (Å²) in [5.41, 5.74) is 1.36. The van der Waals surface area contributed by atoms with Gasteiger partial charge < -0.3 is 15.4 Å². The van der Waals surface area contributed by atoms with Gasteiger partial charge in [-0.3, -0.25) is 14.4 Å². The van der Waals surface area contributed by atoms with Gasteiger partial charge in [-0.25, -0.2) is 0 Å². The van der Waals surface area contributed by atoms with Gasteiger partial charge in [-0.15, -0.1) is 0 Å². The van der Waals surface area contributed by atoms with Crippen LogP contribution in [0.3, 0.4) is 0 Å². The second-order valence-electron chi connectivity index (χ2n) is 6.50. The minimum atomic E-state index is -0.471. The molecular weight excluding hydrogens is 344 g/mol. The van der Waals surface area contributed by atoms with Gasteiger partial charge in [-0.1, -0.05) is 43.2 Å². The van der Waals surface area contributed by atoms with Crippen molar-refractivity contribution in [1.82, 2.24) is 0 Å². The summed E-state index contributed by atoms with van der Waals surface area (Å²) in [7, 11) is 0. The van der Waals surface area contributed by atoms with Crippen LogP contribution in [0.25, 0.3) is 0 Å². The molecule has 1 fully saturated rings. The highest BCUT2D eigenvalue weighted by molar-refractivity contribution is 6.10. The molecule has 0 radical (unpaired) electrons. The third-order valence-electron chi connectivity index (χ3n) is 4.51. The van der Waals surface area contributed by atoms with Gasteiger partial charge >= 0.3 is 5.97 Å². The topological polar surface area (TPSA) is 84.5 Å². The SMILES string of the molecule is O=C(COC(=O)C1CCCC1)Nc1ccccc1C(=O)Nc1ccccc1. The molecule has 0 saturated heterocycles. The molecule has 0 atom stereocenters. The Bertz CT molecular complexity index is 814. The fourth-order valence-corrected chi connectivity index (χ4v) is 3.11. The average molecular weight is 366 g/mol. The second kappa shape index (κ2) is 8.98. The van der Waals surface area contributed by atoms with Gasteiger partial charge in [0.25, 0.3) is 11.8 Å². The lowest BCUT2D eigenvalue weighted by atomic mass is 10.1. The summed E-state index contributed by atoms with van der Waals surface area (Å²) in [6, 6.07) is 15.8. The molecule has 1 saturated carbocycles. The molecule has 1 aliphatic rings. The van der Waals surface area contributed by atoms with E-state index in [9.17, 15) is 14.4 Å². The molecule has 0 unspecified atom stereocenters. The molecule has 2 aromatic rings. The summed E-state index contributed by atoms with van der Waals surface area (Å²) < 4.78 is 5.10. The van der Waals surface area contributed by atoms with Crippen molar-refractivity contribution in [2.75, 3.05) is 17.2 Å². The zero-order valence-corrected chi connectivity index (χ0v) is 14.9. The van der Waals surface area contributed by atoms with Crippen LogP contribution in [0.4, 0.5) is 11.4 Å². The molecule has 0 heterocycles. The van der Waals surface area contributed by atoms with Crippen LogP contribution in [0.2, 0.25) is 0 Å². The second-order valence-corrected chi connectivity index (χ2v) is 6.50. The lowest BCUT2D eigenvalue weighted by Gasteiger charge is -2.13. The number of esters is 1. The number of amides is 2. The van der Waals surface area contributed by atoms with Crippen LogP contribution >= 0.6 is 0 Å². The van der Waals surface area contributed by atoms with Gasteiger partial charge in [0.1, 0.15) is 0 Å². The number of benzene rings is 2. The number of carbonyl (C=O) groups excluding carboxylic acids is 3. The van der Waals surface area contributed by atoms with E-state index in [-0.39, 0.29) is 24.4 Å². The number of para-hydroxylation sites is 2. The Morgan fingerprint density at radius 2 is 1.56 bits per heavy atom. The zero-order valence-electron chi connectivity index (χ0n) is 14.9.